The average Bonchev–Trinajstić information content (AvgIpc) is 3.70. The number of furan rings is 1. The van der Waals surface area contributed by atoms with Crippen LogP contribution >= 0.6 is 0 Å². The summed E-state index contributed by atoms with van der Waals surface area (Å²) in [6.07, 6.45) is 6.55. The number of hydrogen-bond donors (Lipinski definition) is 0. The standard InChI is InChI=1S/C59H51NO2/c1-39-35-44-19-12-20-45(36-39)58(44)53-34-33-48(38-57(53)61-54-26-10-6-15-40(54)2)60(47-21-13-18-43(37-47)41-16-4-3-5-17-41)46-31-29-42(30-32-46)49-22-7-8-23-50(49)51-25-14-28-56-59(51)52-24-9-11-27-55(52)62-56/h3-11,13-18,21-34,37-39,44-45,58H,12,19-20,35-36H2,1-2H3/t39?,44-,45-,58?/m1/s1. The molecule has 1 heterocycles. The molecule has 0 saturated heterocycles. The van der Waals surface area contributed by atoms with Crippen molar-refractivity contribution in [2.24, 2.45) is 17.8 Å². The molecule has 62 heavy (non-hydrogen) atoms. The molecule has 2 aliphatic rings. The summed E-state index contributed by atoms with van der Waals surface area (Å²) < 4.78 is 13.4. The molecular formula is C59H51NO2. The number of para-hydroxylation sites is 2. The van der Waals surface area contributed by atoms with Crippen LogP contribution in [0.1, 0.15) is 56.1 Å². The number of nitrogens with zero attached hydrogens (tertiary/aromatic N) is 1. The summed E-state index contributed by atoms with van der Waals surface area (Å²) in [7, 11) is 0. The van der Waals surface area contributed by atoms with Crippen molar-refractivity contribution in [1.29, 1.82) is 0 Å². The second-order valence-corrected chi connectivity index (χ2v) is 17.8. The first-order valence-corrected chi connectivity index (χ1v) is 22.5. The van der Waals surface area contributed by atoms with Gasteiger partial charge in [0.1, 0.15) is 22.7 Å². The maximum Gasteiger partial charge on any atom is 0.136 e. The molecule has 8 aromatic carbocycles. The predicted octanol–water partition coefficient (Wildman–Crippen LogP) is 17.1. The summed E-state index contributed by atoms with van der Waals surface area (Å²) in [5, 5.41) is 2.28. The Balaban J connectivity index is 1.04. The van der Waals surface area contributed by atoms with Crippen LogP contribution in [0, 0.1) is 24.7 Å². The predicted molar refractivity (Wildman–Crippen MR) is 258 cm³/mol. The van der Waals surface area contributed by atoms with Crippen LogP contribution in [0.25, 0.3) is 55.3 Å². The van der Waals surface area contributed by atoms with Crippen molar-refractivity contribution in [2.75, 3.05) is 4.90 Å². The Hall–Kier alpha value is -6.84. The van der Waals surface area contributed by atoms with Crippen molar-refractivity contribution in [3.8, 4) is 44.9 Å². The smallest absolute Gasteiger partial charge is 0.136 e. The summed E-state index contributed by atoms with van der Waals surface area (Å²) in [6, 6.07) is 67.7. The van der Waals surface area contributed by atoms with Crippen molar-refractivity contribution < 1.29 is 9.15 Å². The normalized spacial score (nSPS) is 18.5. The zero-order valence-electron chi connectivity index (χ0n) is 35.5. The van der Waals surface area contributed by atoms with Crippen molar-refractivity contribution >= 4 is 39.0 Å². The Morgan fingerprint density at radius 3 is 1.97 bits per heavy atom. The molecule has 0 N–H and O–H groups in total. The largest absolute Gasteiger partial charge is 0.457 e. The highest BCUT2D eigenvalue weighted by atomic mass is 16.5. The first-order chi connectivity index (χ1) is 30.6. The number of ether oxygens (including phenoxy) is 1. The van der Waals surface area contributed by atoms with Crippen LogP contribution in [0.15, 0.2) is 192 Å². The minimum atomic E-state index is 0.508. The Morgan fingerprint density at radius 2 is 1.15 bits per heavy atom. The monoisotopic (exact) mass is 805 g/mol. The summed E-state index contributed by atoms with van der Waals surface area (Å²) in [5.74, 6) is 4.56. The van der Waals surface area contributed by atoms with Crippen LogP contribution < -0.4 is 9.64 Å². The number of rotatable bonds is 9. The molecule has 9 aromatic rings. The lowest BCUT2D eigenvalue weighted by Crippen LogP contribution is -2.34. The van der Waals surface area contributed by atoms with E-state index in [9.17, 15) is 0 Å². The second kappa shape index (κ2) is 16.2. The molecule has 2 aliphatic carbocycles. The Bertz CT molecular complexity index is 3020. The summed E-state index contributed by atoms with van der Waals surface area (Å²) in [6.45, 7) is 4.61. The third kappa shape index (κ3) is 7.06. The molecule has 3 heteroatoms. The van der Waals surface area contributed by atoms with Gasteiger partial charge in [0.15, 0.2) is 0 Å². The SMILES string of the molecule is Cc1ccccc1Oc1cc(N(c2ccc(-c3ccccc3-c3cccc4oc5ccccc5c34)cc2)c2cccc(-c3ccccc3)c2)ccc1C1[C@@H]2CCC[C@@H]1CC(C)C2. The molecule has 2 bridgehead atoms. The second-order valence-electron chi connectivity index (χ2n) is 17.8. The van der Waals surface area contributed by atoms with Gasteiger partial charge in [-0.25, -0.2) is 0 Å². The van der Waals surface area contributed by atoms with E-state index < -0.39 is 0 Å². The summed E-state index contributed by atoms with van der Waals surface area (Å²) in [4.78, 5) is 2.40. The fourth-order valence-electron chi connectivity index (χ4n) is 11.0. The molecule has 2 atom stereocenters. The topological polar surface area (TPSA) is 25.6 Å². The summed E-state index contributed by atoms with van der Waals surface area (Å²) >= 11 is 0. The highest BCUT2D eigenvalue weighted by molar-refractivity contribution is 6.13. The molecule has 0 spiro atoms. The molecule has 3 nitrogen and oxygen atoms in total. The van der Waals surface area contributed by atoms with E-state index in [-0.39, 0.29) is 0 Å². The first kappa shape index (κ1) is 38.1. The van der Waals surface area contributed by atoms with Crippen LogP contribution in [0.2, 0.25) is 0 Å². The van der Waals surface area contributed by atoms with E-state index in [1.54, 1.807) is 0 Å². The van der Waals surface area contributed by atoms with Gasteiger partial charge >= 0.3 is 0 Å². The van der Waals surface area contributed by atoms with Crippen LogP contribution in [-0.4, -0.2) is 0 Å². The number of benzene rings is 8. The van der Waals surface area contributed by atoms with Gasteiger partial charge in [-0.05, 0) is 149 Å². The fraction of sp³-hybridized carbons (Fsp3) is 0.186. The molecule has 11 rings (SSSR count). The van der Waals surface area contributed by atoms with Crippen molar-refractivity contribution in [3.63, 3.8) is 0 Å². The molecule has 1 aromatic heterocycles. The van der Waals surface area contributed by atoms with Crippen LogP contribution in [0.4, 0.5) is 17.1 Å². The van der Waals surface area contributed by atoms with Crippen LogP contribution in [0.3, 0.4) is 0 Å². The lowest BCUT2D eigenvalue weighted by Gasteiger charge is -2.46. The Kier molecular flexibility index (Phi) is 9.97. The molecule has 2 saturated carbocycles. The van der Waals surface area contributed by atoms with Gasteiger partial charge in [-0.15, -0.1) is 0 Å². The van der Waals surface area contributed by atoms with Gasteiger partial charge in [0.05, 0.1) is 0 Å². The van der Waals surface area contributed by atoms with Crippen LogP contribution in [0.5, 0.6) is 11.5 Å². The van der Waals surface area contributed by atoms with Crippen molar-refractivity contribution in [2.45, 2.75) is 51.9 Å². The minimum absolute atomic E-state index is 0.508. The molecule has 0 aliphatic heterocycles. The van der Waals surface area contributed by atoms with Gasteiger partial charge in [-0.2, -0.15) is 0 Å². The number of anilines is 3. The van der Waals surface area contributed by atoms with E-state index in [1.807, 2.05) is 6.07 Å². The zero-order chi connectivity index (χ0) is 41.6. The first-order valence-electron chi connectivity index (χ1n) is 22.5. The van der Waals surface area contributed by atoms with Gasteiger partial charge in [-0.3, -0.25) is 0 Å². The molecule has 304 valence electrons. The van der Waals surface area contributed by atoms with Gasteiger partial charge in [0, 0.05) is 33.9 Å². The quantitative estimate of drug-likeness (QED) is 0.145. The number of aryl methyl sites for hydroxylation is 1. The fourth-order valence-corrected chi connectivity index (χ4v) is 11.0. The molecule has 2 fully saturated rings. The Labute approximate surface area is 365 Å². The lowest BCUT2D eigenvalue weighted by molar-refractivity contribution is 0.110. The maximum absolute atomic E-state index is 7.09. The van der Waals surface area contributed by atoms with E-state index in [0.717, 1.165) is 67.5 Å². The molecular weight excluding hydrogens is 755 g/mol. The van der Waals surface area contributed by atoms with Crippen molar-refractivity contribution in [3.05, 3.63) is 199 Å². The van der Waals surface area contributed by atoms with Gasteiger partial charge in [0.2, 0.25) is 0 Å². The molecule has 0 radical (unpaired) electrons. The zero-order valence-corrected chi connectivity index (χ0v) is 35.5. The van der Waals surface area contributed by atoms with E-state index in [2.05, 4.69) is 201 Å². The minimum Gasteiger partial charge on any atom is -0.457 e. The lowest BCUT2D eigenvalue weighted by atomic mass is 9.59. The number of hydrogen-bond acceptors (Lipinski definition) is 3. The molecule has 0 amide bonds. The van der Waals surface area contributed by atoms with Crippen molar-refractivity contribution in [1.82, 2.24) is 0 Å². The number of fused-ring (bicyclic) bond motifs is 5. The van der Waals surface area contributed by atoms with E-state index in [0.29, 0.717) is 17.8 Å². The summed E-state index contributed by atoms with van der Waals surface area (Å²) in [5.41, 5.74) is 14.6. The Morgan fingerprint density at radius 1 is 0.500 bits per heavy atom. The average molecular weight is 806 g/mol. The van der Waals surface area contributed by atoms with E-state index >= 15 is 0 Å². The van der Waals surface area contributed by atoms with E-state index in [1.165, 1.54) is 65.5 Å². The van der Waals surface area contributed by atoms with Gasteiger partial charge < -0.3 is 14.1 Å². The van der Waals surface area contributed by atoms with E-state index in [4.69, 9.17) is 9.15 Å². The highest BCUT2D eigenvalue weighted by Crippen LogP contribution is 2.55. The molecule has 0 unspecified atom stereocenters. The van der Waals surface area contributed by atoms with Crippen LogP contribution in [-0.2, 0) is 0 Å². The third-order valence-corrected chi connectivity index (χ3v) is 13.8. The van der Waals surface area contributed by atoms with Gasteiger partial charge in [0.25, 0.3) is 0 Å². The third-order valence-electron chi connectivity index (χ3n) is 13.8. The van der Waals surface area contributed by atoms with Gasteiger partial charge in [-0.1, -0.05) is 147 Å². The maximum atomic E-state index is 7.09. The highest BCUT2D eigenvalue weighted by Gasteiger charge is 2.41.